The van der Waals surface area contributed by atoms with Crippen LogP contribution in [-0.2, 0) is 14.3 Å². The molecule has 5 nitrogen and oxygen atoms in total. The van der Waals surface area contributed by atoms with Gasteiger partial charge in [-0.2, -0.15) is 0 Å². The third-order valence-corrected chi connectivity index (χ3v) is 5.87. The standard InChI is InChI=1S/C24H27NO4S/c1-3-4-16-29-17-8-15-25-23(26)21(18-11-13-19(28-2)14-12-18)22(24(25)27)30-20-9-6-5-7-10-20/h5-7,9-14H,3-4,8,15-17H2,1-2H3. The zero-order valence-corrected chi connectivity index (χ0v) is 18.2. The van der Waals surface area contributed by atoms with Crippen molar-refractivity contribution in [2.24, 2.45) is 0 Å². The van der Waals surface area contributed by atoms with E-state index in [1.54, 1.807) is 19.2 Å². The Morgan fingerprint density at radius 2 is 1.60 bits per heavy atom. The Morgan fingerprint density at radius 1 is 0.900 bits per heavy atom. The molecule has 3 rings (SSSR count). The molecule has 2 amide bonds. The molecule has 1 heterocycles. The second-order valence-corrected chi connectivity index (χ2v) is 8.01. The van der Waals surface area contributed by atoms with Gasteiger partial charge in [0.05, 0.1) is 17.6 Å². The first kappa shape index (κ1) is 22.1. The van der Waals surface area contributed by atoms with E-state index < -0.39 is 0 Å². The van der Waals surface area contributed by atoms with E-state index in [2.05, 4.69) is 6.92 Å². The fourth-order valence-corrected chi connectivity index (χ4v) is 4.18. The largest absolute Gasteiger partial charge is 0.497 e. The highest BCUT2D eigenvalue weighted by Gasteiger charge is 2.39. The Morgan fingerprint density at radius 3 is 2.27 bits per heavy atom. The smallest absolute Gasteiger partial charge is 0.268 e. The molecule has 1 aliphatic rings. The van der Waals surface area contributed by atoms with E-state index in [4.69, 9.17) is 9.47 Å². The van der Waals surface area contributed by atoms with Gasteiger partial charge in [0.2, 0.25) is 0 Å². The molecule has 0 atom stereocenters. The van der Waals surface area contributed by atoms with Gasteiger partial charge in [-0.15, -0.1) is 0 Å². The molecule has 0 spiro atoms. The van der Waals surface area contributed by atoms with Gasteiger partial charge < -0.3 is 9.47 Å². The maximum atomic E-state index is 13.2. The molecule has 0 aromatic heterocycles. The summed E-state index contributed by atoms with van der Waals surface area (Å²) in [4.78, 5) is 29.1. The van der Waals surface area contributed by atoms with Crippen LogP contribution in [0, 0.1) is 0 Å². The number of thioether (sulfide) groups is 1. The molecule has 30 heavy (non-hydrogen) atoms. The van der Waals surface area contributed by atoms with Crippen LogP contribution in [0.5, 0.6) is 5.75 Å². The summed E-state index contributed by atoms with van der Waals surface area (Å²) in [5, 5.41) is 0. The molecule has 6 heteroatoms. The Labute approximate surface area is 182 Å². The molecule has 0 unspecified atom stereocenters. The van der Waals surface area contributed by atoms with E-state index in [0.29, 0.717) is 48.0 Å². The first-order valence-corrected chi connectivity index (χ1v) is 11.0. The van der Waals surface area contributed by atoms with Crippen molar-refractivity contribution in [2.45, 2.75) is 31.1 Å². The van der Waals surface area contributed by atoms with Gasteiger partial charge in [-0.1, -0.05) is 55.4 Å². The van der Waals surface area contributed by atoms with Crippen molar-refractivity contribution in [3.8, 4) is 5.75 Å². The molecular formula is C24H27NO4S. The molecule has 0 N–H and O–H groups in total. The summed E-state index contributed by atoms with van der Waals surface area (Å²) < 4.78 is 10.8. The maximum Gasteiger partial charge on any atom is 0.268 e. The van der Waals surface area contributed by atoms with Crippen LogP contribution in [0.25, 0.3) is 5.57 Å². The lowest BCUT2D eigenvalue weighted by Crippen LogP contribution is -2.33. The number of hydrogen-bond donors (Lipinski definition) is 0. The highest BCUT2D eigenvalue weighted by atomic mass is 32.2. The number of carbonyl (C=O) groups is 2. The van der Waals surface area contributed by atoms with Crippen molar-refractivity contribution < 1.29 is 19.1 Å². The lowest BCUT2D eigenvalue weighted by atomic mass is 10.1. The lowest BCUT2D eigenvalue weighted by Gasteiger charge is -2.15. The number of methoxy groups -OCH3 is 1. The minimum absolute atomic E-state index is 0.242. The summed E-state index contributed by atoms with van der Waals surface area (Å²) in [5.41, 5.74) is 1.16. The maximum absolute atomic E-state index is 13.2. The van der Waals surface area contributed by atoms with E-state index >= 15 is 0 Å². The second-order valence-electron chi connectivity index (χ2n) is 6.93. The Bertz CT molecular complexity index is 893. The number of imide groups is 1. The van der Waals surface area contributed by atoms with Gasteiger partial charge in [-0.3, -0.25) is 14.5 Å². The van der Waals surface area contributed by atoms with Crippen LogP contribution in [0.1, 0.15) is 31.7 Å². The molecule has 0 radical (unpaired) electrons. The predicted molar refractivity (Wildman–Crippen MR) is 119 cm³/mol. The number of amides is 2. The molecule has 1 aliphatic heterocycles. The van der Waals surface area contributed by atoms with Gasteiger partial charge in [0.15, 0.2) is 0 Å². The van der Waals surface area contributed by atoms with Crippen molar-refractivity contribution in [3.63, 3.8) is 0 Å². The van der Waals surface area contributed by atoms with Gasteiger partial charge in [0.25, 0.3) is 11.8 Å². The topological polar surface area (TPSA) is 55.8 Å². The third kappa shape index (κ3) is 5.32. The highest BCUT2D eigenvalue weighted by molar-refractivity contribution is 8.04. The minimum atomic E-state index is -0.253. The Balaban J connectivity index is 1.81. The number of hydrogen-bond acceptors (Lipinski definition) is 5. The van der Waals surface area contributed by atoms with Gasteiger partial charge in [-0.05, 0) is 42.7 Å². The predicted octanol–water partition coefficient (Wildman–Crippen LogP) is 4.77. The van der Waals surface area contributed by atoms with Crippen molar-refractivity contribution in [2.75, 3.05) is 26.9 Å². The number of unbranched alkanes of at least 4 members (excludes halogenated alkanes) is 1. The molecule has 0 aliphatic carbocycles. The normalized spacial score (nSPS) is 14.0. The van der Waals surface area contributed by atoms with Crippen LogP contribution in [-0.4, -0.2) is 43.6 Å². The van der Waals surface area contributed by atoms with E-state index in [9.17, 15) is 9.59 Å². The van der Waals surface area contributed by atoms with Crippen molar-refractivity contribution >= 4 is 29.1 Å². The number of carbonyl (C=O) groups excluding carboxylic acids is 2. The summed E-state index contributed by atoms with van der Waals surface area (Å²) in [5.74, 6) is 0.208. The van der Waals surface area contributed by atoms with Crippen LogP contribution in [0.4, 0.5) is 0 Å². The lowest BCUT2D eigenvalue weighted by molar-refractivity contribution is -0.136. The van der Waals surface area contributed by atoms with Crippen molar-refractivity contribution in [1.82, 2.24) is 4.90 Å². The third-order valence-electron chi connectivity index (χ3n) is 4.78. The first-order chi connectivity index (χ1) is 14.7. The number of rotatable bonds is 11. The summed E-state index contributed by atoms with van der Waals surface area (Å²) >= 11 is 1.34. The van der Waals surface area contributed by atoms with E-state index in [-0.39, 0.29) is 11.8 Å². The monoisotopic (exact) mass is 425 g/mol. The Kier molecular flexibility index (Phi) is 8.11. The minimum Gasteiger partial charge on any atom is -0.497 e. The fraction of sp³-hybridized carbons (Fsp3) is 0.333. The highest BCUT2D eigenvalue weighted by Crippen LogP contribution is 2.39. The number of nitrogens with zero attached hydrogens (tertiary/aromatic N) is 1. The summed E-state index contributed by atoms with van der Waals surface area (Å²) in [6.07, 6.45) is 2.72. The van der Waals surface area contributed by atoms with E-state index in [1.165, 1.54) is 16.7 Å². The average Bonchev–Trinajstić information content (AvgIpc) is 3.01. The number of ether oxygens (including phenoxy) is 2. The van der Waals surface area contributed by atoms with Crippen LogP contribution >= 0.6 is 11.8 Å². The van der Waals surface area contributed by atoms with Gasteiger partial charge in [-0.25, -0.2) is 0 Å². The molecule has 0 saturated heterocycles. The summed E-state index contributed by atoms with van der Waals surface area (Å²) in [6.45, 7) is 3.71. The van der Waals surface area contributed by atoms with E-state index in [0.717, 1.165) is 17.7 Å². The van der Waals surface area contributed by atoms with Crippen LogP contribution in [0.15, 0.2) is 64.4 Å². The van der Waals surface area contributed by atoms with Crippen LogP contribution in [0.3, 0.4) is 0 Å². The molecule has 0 saturated carbocycles. The molecule has 0 fully saturated rings. The van der Waals surface area contributed by atoms with Gasteiger partial charge in [0, 0.05) is 24.7 Å². The van der Waals surface area contributed by atoms with Gasteiger partial charge in [0.1, 0.15) is 5.75 Å². The van der Waals surface area contributed by atoms with Gasteiger partial charge >= 0.3 is 0 Å². The molecule has 2 aromatic rings. The fourth-order valence-electron chi connectivity index (χ4n) is 3.14. The zero-order valence-electron chi connectivity index (χ0n) is 17.4. The molecular weight excluding hydrogens is 398 g/mol. The quantitative estimate of drug-likeness (QED) is 0.383. The van der Waals surface area contributed by atoms with Crippen molar-refractivity contribution in [3.05, 3.63) is 65.1 Å². The second kappa shape index (κ2) is 11.0. The zero-order chi connectivity index (χ0) is 21.3. The average molecular weight is 426 g/mol. The van der Waals surface area contributed by atoms with Crippen LogP contribution < -0.4 is 4.74 Å². The Hall–Kier alpha value is -2.57. The SMILES string of the molecule is CCCCOCCCN1C(=O)C(Sc2ccccc2)=C(c2ccc(OC)cc2)C1=O. The molecule has 0 bridgehead atoms. The molecule has 158 valence electrons. The summed E-state index contributed by atoms with van der Waals surface area (Å²) in [6, 6.07) is 16.9. The number of benzene rings is 2. The first-order valence-electron chi connectivity index (χ1n) is 10.2. The van der Waals surface area contributed by atoms with Crippen LogP contribution in [0.2, 0.25) is 0 Å². The molecule has 2 aromatic carbocycles. The van der Waals surface area contributed by atoms with E-state index in [1.807, 2.05) is 42.5 Å². The van der Waals surface area contributed by atoms with Crippen molar-refractivity contribution in [1.29, 1.82) is 0 Å². The summed E-state index contributed by atoms with van der Waals surface area (Å²) in [7, 11) is 1.60.